The second-order valence-corrected chi connectivity index (χ2v) is 20.1. The Bertz CT molecular complexity index is 4060. The molecule has 11 aromatic carbocycles. The van der Waals surface area contributed by atoms with E-state index in [2.05, 4.69) is 208 Å². The van der Waals surface area contributed by atoms with Crippen LogP contribution in [0.3, 0.4) is 0 Å². The van der Waals surface area contributed by atoms with Gasteiger partial charge >= 0.3 is 0 Å². The van der Waals surface area contributed by atoms with Gasteiger partial charge in [-0.25, -0.2) is 0 Å². The maximum atomic E-state index is 2.48. The summed E-state index contributed by atoms with van der Waals surface area (Å²) in [5, 5.41) is 15.8. The van der Waals surface area contributed by atoms with E-state index in [4.69, 9.17) is 0 Å². The highest BCUT2D eigenvalue weighted by molar-refractivity contribution is 7.28. The van der Waals surface area contributed by atoms with E-state index in [1.54, 1.807) is 0 Å². The second kappa shape index (κ2) is 13.0. The fourth-order valence-corrected chi connectivity index (χ4v) is 13.6. The number of rotatable bonds is 3. The highest BCUT2D eigenvalue weighted by atomic mass is 32.1. The molecule has 0 radical (unpaired) electrons. The summed E-state index contributed by atoms with van der Waals surface area (Å²) in [7, 11) is 0. The minimum absolute atomic E-state index is 0.143. The Balaban J connectivity index is 0.906. The van der Waals surface area contributed by atoms with Crippen molar-refractivity contribution in [2.45, 2.75) is 19.3 Å². The quantitative estimate of drug-likeness (QED) is 0.156. The predicted molar refractivity (Wildman–Crippen MR) is 276 cm³/mol. The van der Waals surface area contributed by atoms with Crippen LogP contribution in [0.25, 0.3) is 128 Å². The molecular formula is C61H38S2. The van der Waals surface area contributed by atoms with Gasteiger partial charge in [-0.05, 0) is 136 Å². The molecule has 2 heteroatoms. The van der Waals surface area contributed by atoms with Gasteiger partial charge in [0.1, 0.15) is 0 Å². The van der Waals surface area contributed by atoms with Crippen LogP contribution in [0.4, 0.5) is 0 Å². The van der Waals surface area contributed by atoms with Crippen molar-refractivity contribution in [3.05, 3.63) is 205 Å². The van der Waals surface area contributed by atoms with E-state index in [-0.39, 0.29) is 5.41 Å². The van der Waals surface area contributed by atoms with Crippen LogP contribution in [0.5, 0.6) is 0 Å². The number of fused-ring (bicyclic) bond motifs is 15. The van der Waals surface area contributed by atoms with Crippen LogP contribution in [-0.4, -0.2) is 0 Å². The summed E-state index contributed by atoms with van der Waals surface area (Å²) in [6.45, 7) is 4.81. The molecule has 0 atom stereocenters. The summed E-state index contributed by atoms with van der Waals surface area (Å²) in [6, 6.07) is 73.4. The first-order chi connectivity index (χ1) is 31.0. The lowest BCUT2D eigenvalue weighted by Crippen LogP contribution is -2.15. The largest absolute Gasteiger partial charge is 0.135 e. The van der Waals surface area contributed by atoms with Crippen LogP contribution in [0.2, 0.25) is 0 Å². The van der Waals surface area contributed by atoms with Crippen LogP contribution in [0.15, 0.2) is 194 Å². The molecule has 2 heterocycles. The van der Waals surface area contributed by atoms with Crippen LogP contribution < -0.4 is 0 Å². The van der Waals surface area contributed by atoms with Gasteiger partial charge in [0.25, 0.3) is 0 Å². The van der Waals surface area contributed by atoms with Crippen molar-refractivity contribution in [2.75, 3.05) is 0 Å². The van der Waals surface area contributed by atoms with Crippen molar-refractivity contribution in [1.82, 2.24) is 0 Å². The van der Waals surface area contributed by atoms with Crippen LogP contribution in [0, 0.1) is 0 Å². The van der Waals surface area contributed by atoms with Crippen molar-refractivity contribution < 1.29 is 0 Å². The Hall–Kier alpha value is -7.10. The molecule has 0 spiro atoms. The molecule has 294 valence electrons. The molecule has 14 rings (SSSR count). The lowest BCUT2D eigenvalue weighted by atomic mass is 9.81. The van der Waals surface area contributed by atoms with Gasteiger partial charge in [0.2, 0.25) is 0 Å². The zero-order valence-electron chi connectivity index (χ0n) is 34.8. The highest BCUT2D eigenvalue weighted by Crippen LogP contribution is 2.53. The van der Waals surface area contributed by atoms with Gasteiger partial charge in [-0.1, -0.05) is 166 Å². The average molecular weight is 835 g/mol. The summed E-state index contributed by atoms with van der Waals surface area (Å²) in [4.78, 5) is 0. The van der Waals surface area contributed by atoms with Gasteiger partial charge in [-0.2, -0.15) is 0 Å². The molecule has 1 aliphatic carbocycles. The fraction of sp³-hybridized carbons (Fsp3) is 0.0492. The monoisotopic (exact) mass is 834 g/mol. The van der Waals surface area contributed by atoms with E-state index < -0.39 is 0 Å². The van der Waals surface area contributed by atoms with Gasteiger partial charge < -0.3 is 0 Å². The third-order valence-electron chi connectivity index (χ3n) is 14.2. The molecule has 0 nitrogen and oxygen atoms in total. The van der Waals surface area contributed by atoms with Crippen molar-refractivity contribution in [3.8, 4) is 44.5 Å². The van der Waals surface area contributed by atoms with Gasteiger partial charge in [-0.3, -0.25) is 0 Å². The molecule has 2 aromatic heterocycles. The van der Waals surface area contributed by atoms with Crippen molar-refractivity contribution in [1.29, 1.82) is 0 Å². The third-order valence-corrected chi connectivity index (χ3v) is 16.6. The fourth-order valence-electron chi connectivity index (χ4n) is 11.2. The molecule has 0 aliphatic heterocycles. The van der Waals surface area contributed by atoms with Gasteiger partial charge in [0, 0.05) is 51.1 Å². The van der Waals surface area contributed by atoms with Crippen LogP contribution >= 0.6 is 22.7 Å². The maximum Gasteiger partial charge on any atom is 0.0440 e. The standard InChI is InChI=1S/C61H38S2/c1-61(2)51-28-23-41(57-45-15-7-5-13-43(45)56(44-14-6-8-16-46(44)57)40-20-19-35-11-3-4-12-37(35)31-40)33-49(51)42-26-22-39(34-52(42)61)38-25-29-54-50(32-38)47-27-21-36-24-30-55-59(58(36)60(47)63-54)48-17-9-10-18-53(48)62-55/h3-34H,1-2H3. The summed E-state index contributed by atoms with van der Waals surface area (Å²) >= 11 is 3.84. The van der Waals surface area contributed by atoms with E-state index in [9.17, 15) is 0 Å². The molecule has 1 aliphatic rings. The lowest BCUT2D eigenvalue weighted by Gasteiger charge is -2.22. The summed E-state index contributed by atoms with van der Waals surface area (Å²) in [6.07, 6.45) is 0. The number of thiophene rings is 2. The zero-order chi connectivity index (χ0) is 41.6. The molecular weight excluding hydrogens is 797 g/mol. The SMILES string of the molecule is CC1(C)c2ccc(-c3c4ccccc4c(-c4ccc5ccccc5c4)c4ccccc34)cc2-c2ccc(-c3ccc4sc5c(ccc6ccc7sc8ccccc8c7c65)c4c3)cc21. The Kier molecular flexibility index (Phi) is 7.31. The minimum atomic E-state index is -0.143. The number of hydrogen-bond donors (Lipinski definition) is 0. The molecule has 63 heavy (non-hydrogen) atoms. The molecule has 0 unspecified atom stereocenters. The smallest absolute Gasteiger partial charge is 0.0440 e. The molecule has 0 saturated heterocycles. The first kappa shape index (κ1) is 35.5. The molecule has 0 saturated carbocycles. The van der Waals surface area contributed by atoms with Crippen molar-refractivity contribution in [3.63, 3.8) is 0 Å². The molecule has 0 bridgehead atoms. The van der Waals surface area contributed by atoms with Gasteiger partial charge in [0.15, 0.2) is 0 Å². The van der Waals surface area contributed by atoms with Crippen LogP contribution in [-0.2, 0) is 5.41 Å². The number of benzene rings is 11. The molecule has 0 N–H and O–H groups in total. The number of hydrogen-bond acceptors (Lipinski definition) is 2. The maximum absolute atomic E-state index is 2.48. The highest BCUT2D eigenvalue weighted by Gasteiger charge is 2.36. The van der Waals surface area contributed by atoms with E-state index in [0.717, 1.165) is 0 Å². The molecule has 0 amide bonds. The van der Waals surface area contributed by atoms with Gasteiger partial charge in [-0.15, -0.1) is 22.7 Å². The third kappa shape index (κ3) is 5.02. The second-order valence-electron chi connectivity index (χ2n) is 17.9. The normalized spacial score (nSPS) is 13.4. The van der Waals surface area contributed by atoms with E-state index >= 15 is 0 Å². The summed E-state index contributed by atoms with van der Waals surface area (Å²) < 4.78 is 5.44. The van der Waals surface area contributed by atoms with E-state index in [1.807, 2.05) is 22.7 Å². The summed E-state index contributed by atoms with van der Waals surface area (Å²) in [5.41, 5.74) is 12.9. The van der Waals surface area contributed by atoms with Crippen molar-refractivity contribution >= 4 is 106 Å². The van der Waals surface area contributed by atoms with E-state index in [0.29, 0.717) is 0 Å². The van der Waals surface area contributed by atoms with Crippen molar-refractivity contribution in [2.24, 2.45) is 0 Å². The summed E-state index contributed by atoms with van der Waals surface area (Å²) in [5.74, 6) is 0. The average Bonchev–Trinajstić information content (AvgIpc) is 3.97. The Labute approximate surface area is 372 Å². The predicted octanol–water partition coefficient (Wildman–Crippen LogP) is 18.3. The zero-order valence-corrected chi connectivity index (χ0v) is 36.4. The minimum Gasteiger partial charge on any atom is -0.135 e. The first-order valence-corrected chi connectivity index (χ1v) is 23.5. The Morgan fingerprint density at radius 2 is 0.889 bits per heavy atom. The molecule has 0 fully saturated rings. The van der Waals surface area contributed by atoms with Gasteiger partial charge in [0.05, 0.1) is 0 Å². The van der Waals surface area contributed by atoms with Crippen LogP contribution in [0.1, 0.15) is 25.0 Å². The Morgan fingerprint density at radius 1 is 0.317 bits per heavy atom. The van der Waals surface area contributed by atoms with E-state index in [1.165, 1.54) is 139 Å². The lowest BCUT2D eigenvalue weighted by molar-refractivity contribution is 0.660. The first-order valence-electron chi connectivity index (χ1n) is 21.9. The Morgan fingerprint density at radius 3 is 1.67 bits per heavy atom. The topological polar surface area (TPSA) is 0 Å². The molecule has 13 aromatic rings.